The predicted octanol–water partition coefficient (Wildman–Crippen LogP) is 2.38. The number of aryl methyl sites for hydroxylation is 1. The normalized spacial score (nSPS) is 10.5. The fraction of sp³-hybridized carbons (Fsp3) is 0.214. The van der Waals surface area contributed by atoms with E-state index in [0.29, 0.717) is 22.2 Å². The molecule has 104 valence electrons. The van der Waals surface area contributed by atoms with Crippen molar-refractivity contribution in [2.24, 2.45) is 0 Å². The molecule has 0 aliphatic heterocycles. The lowest BCUT2D eigenvalue weighted by molar-refractivity contribution is 0.0697. The number of benzene rings is 1. The standard InChI is InChI=1S/C14H14N2O3S/c1-8-9(2)15-14(16-12(8)17)20-7-10-4-3-5-11(6-10)13(18)19/h3-6H,7H2,1-2H3,(H,18,19)(H,15,16,17). The van der Waals surface area contributed by atoms with Crippen LogP contribution in [0.1, 0.15) is 27.2 Å². The number of hydrogen-bond donors (Lipinski definition) is 2. The molecule has 0 spiro atoms. The molecule has 0 atom stereocenters. The quantitative estimate of drug-likeness (QED) is 0.667. The summed E-state index contributed by atoms with van der Waals surface area (Å²) in [6, 6.07) is 6.72. The number of aromatic nitrogens is 2. The van der Waals surface area contributed by atoms with Crippen molar-refractivity contribution in [2.45, 2.75) is 24.8 Å². The molecule has 0 radical (unpaired) electrons. The van der Waals surface area contributed by atoms with Crippen molar-refractivity contribution in [3.05, 3.63) is 57.0 Å². The van der Waals surface area contributed by atoms with Crippen molar-refractivity contribution in [1.29, 1.82) is 0 Å². The van der Waals surface area contributed by atoms with Gasteiger partial charge < -0.3 is 10.1 Å². The highest BCUT2D eigenvalue weighted by Crippen LogP contribution is 2.19. The highest BCUT2D eigenvalue weighted by atomic mass is 32.2. The van der Waals surface area contributed by atoms with Crippen LogP contribution in [0.4, 0.5) is 0 Å². The van der Waals surface area contributed by atoms with Gasteiger partial charge in [-0.2, -0.15) is 0 Å². The molecule has 1 heterocycles. The fourth-order valence-corrected chi connectivity index (χ4v) is 2.48. The molecule has 1 aromatic heterocycles. The summed E-state index contributed by atoms with van der Waals surface area (Å²) < 4.78 is 0. The Kier molecular flexibility index (Phi) is 4.24. The summed E-state index contributed by atoms with van der Waals surface area (Å²) in [5, 5.41) is 9.47. The molecule has 5 nitrogen and oxygen atoms in total. The monoisotopic (exact) mass is 290 g/mol. The van der Waals surface area contributed by atoms with Gasteiger partial charge in [0.1, 0.15) is 0 Å². The minimum atomic E-state index is -0.949. The number of H-pyrrole nitrogens is 1. The zero-order chi connectivity index (χ0) is 14.7. The Bertz CT molecular complexity index is 710. The van der Waals surface area contributed by atoms with Gasteiger partial charge in [0.05, 0.1) is 5.56 Å². The van der Waals surface area contributed by atoms with Gasteiger partial charge in [-0.3, -0.25) is 4.79 Å². The van der Waals surface area contributed by atoms with E-state index < -0.39 is 5.97 Å². The van der Waals surface area contributed by atoms with E-state index >= 15 is 0 Å². The topological polar surface area (TPSA) is 83.0 Å². The second kappa shape index (κ2) is 5.92. The third kappa shape index (κ3) is 3.27. The van der Waals surface area contributed by atoms with E-state index in [2.05, 4.69) is 9.97 Å². The Hall–Kier alpha value is -2.08. The number of aromatic amines is 1. The number of aromatic carboxylic acids is 1. The number of hydrogen-bond acceptors (Lipinski definition) is 4. The van der Waals surface area contributed by atoms with E-state index in [4.69, 9.17) is 5.11 Å². The van der Waals surface area contributed by atoms with Crippen LogP contribution in [-0.4, -0.2) is 21.0 Å². The molecule has 2 aromatic rings. The molecule has 0 saturated carbocycles. The summed E-state index contributed by atoms with van der Waals surface area (Å²) >= 11 is 1.37. The van der Waals surface area contributed by atoms with Gasteiger partial charge in [-0.1, -0.05) is 23.9 Å². The molecule has 6 heteroatoms. The molecule has 2 rings (SSSR count). The Morgan fingerprint density at radius 1 is 1.40 bits per heavy atom. The third-order valence-electron chi connectivity index (χ3n) is 2.92. The van der Waals surface area contributed by atoms with Gasteiger partial charge in [0.25, 0.3) is 5.56 Å². The number of nitrogens with one attached hydrogen (secondary N) is 1. The zero-order valence-electron chi connectivity index (χ0n) is 11.1. The van der Waals surface area contributed by atoms with Crippen molar-refractivity contribution >= 4 is 17.7 Å². The third-order valence-corrected chi connectivity index (χ3v) is 3.87. The number of carboxylic acid groups (broad SMARTS) is 1. The maximum atomic E-state index is 11.6. The maximum Gasteiger partial charge on any atom is 0.335 e. The molecule has 0 saturated heterocycles. The minimum Gasteiger partial charge on any atom is -0.478 e. The number of nitrogens with zero attached hydrogens (tertiary/aromatic N) is 1. The molecule has 0 bridgehead atoms. The first-order valence-corrected chi connectivity index (χ1v) is 6.98. The Balaban J connectivity index is 2.15. The average molecular weight is 290 g/mol. The van der Waals surface area contributed by atoms with Gasteiger partial charge in [0, 0.05) is 17.0 Å². The van der Waals surface area contributed by atoms with Crippen molar-refractivity contribution in [3.63, 3.8) is 0 Å². The van der Waals surface area contributed by atoms with Crippen molar-refractivity contribution in [3.8, 4) is 0 Å². The molecule has 0 fully saturated rings. The first kappa shape index (κ1) is 14.3. The van der Waals surface area contributed by atoms with Crippen molar-refractivity contribution < 1.29 is 9.90 Å². The molecule has 0 aliphatic rings. The van der Waals surface area contributed by atoms with Crippen molar-refractivity contribution in [1.82, 2.24) is 9.97 Å². The predicted molar refractivity (Wildman–Crippen MR) is 77.3 cm³/mol. The van der Waals surface area contributed by atoms with Crippen LogP contribution in [0.2, 0.25) is 0 Å². The molecule has 0 unspecified atom stereocenters. The number of thioether (sulfide) groups is 1. The van der Waals surface area contributed by atoms with E-state index in [1.54, 1.807) is 32.0 Å². The van der Waals surface area contributed by atoms with Gasteiger partial charge >= 0.3 is 5.97 Å². The van der Waals surface area contributed by atoms with Crippen LogP contribution in [0.5, 0.6) is 0 Å². The van der Waals surface area contributed by atoms with E-state index in [1.807, 2.05) is 6.07 Å². The van der Waals surface area contributed by atoms with Gasteiger partial charge in [-0.15, -0.1) is 0 Å². The summed E-state index contributed by atoms with van der Waals surface area (Å²) in [6.07, 6.45) is 0. The first-order chi connectivity index (χ1) is 9.47. The van der Waals surface area contributed by atoms with Crippen LogP contribution >= 0.6 is 11.8 Å². The summed E-state index contributed by atoms with van der Waals surface area (Å²) in [5.74, 6) is -0.401. The smallest absolute Gasteiger partial charge is 0.335 e. The molecular weight excluding hydrogens is 276 g/mol. The molecule has 1 aromatic carbocycles. The number of carboxylic acids is 1. The number of carbonyl (C=O) groups is 1. The van der Waals surface area contributed by atoms with Gasteiger partial charge in [0.15, 0.2) is 5.16 Å². The largest absolute Gasteiger partial charge is 0.478 e. The van der Waals surface area contributed by atoms with Crippen LogP contribution < -0.4 is 5.56 Å². The van der Waals surface area contributed by atoms with Crippen molar-refractivity contribution in [2.75, 3.05) is 0 Å². The van der Waals surface area contributed by atoms with E-state index in [-0.39, 0.29) is 11.1 Å². The SMILES string of the molecule is Cc1nc(SCc2cccc(C(=O)O)c2)[nH]c(=O)c1C. The highest BCUT2D eigenvalue weighted by Gasteiger charge is 2.06. The van der Waals surface area contributed by atoms with Crippen LogP contribution in [0.25, 0.3) is 0 Å². The minimum absolute atomic E-state index is 0.140. The molecule has 0 amide bonds. The van der Waals surface area contributed by atoms with Gasteiger partial charge in [-0.05, 0) is 31.5 Å². The lowest BCUT2D eigenvalue weighted by atomic mass is 10.1. The molecule has 2 N–H and O–H groups in total. The van der Waals surface area contributed by atoms with Gasteiger partial charge in [0.2, 0.25) is 0 Å². The van der Waals surface area contributed by atoms with Gasteiger partial charge in [-0.25, -0.2) is 9.78 Å². The average Bonchev–Trinajstić information content (AvgIpc) is 2.42. The Labute approximate surface area is 120 Å². The molecule has 0 aliphatic carbocycles. The zero-order valence-corrected chi connectivity index (χ0v) is 12.0. The van der Waals surface area contributed by atoms with Crippen LogP contribution in [0.15, 0.2) is 34.2 Å². The Morgan fingerprint density at radius 2 is 2.15 bits per heavy atom. The second-order valence-corrected chi connectivity index (χ2v) is 5.34. The van der Waals surface area contributed by atoms with E-state index in [1.165, 1.54) is 11.8 Å². The summed E-state index contributed by atoms with van der Waals surface area (Å²) in [4.78, 5) is 29.5. The van der Waals surface area contributed by atoms with E-state index in [0.717, 1.165) is 5.56 Å². The van der Waals surface area contributed by atoms with Crippen LogP contribution in [0, 0.1) is 13.8 Å². The van der Waals surface area contributed by atoms with E-state index in [9.17, 15) is 9.59 Å². The fourth-order valence-electron chi connectivity index (χ4n) is 1.63. The Morgan fingerprint density at radius 3 is 2.80 bits per heavy atom. The molecule has 20 heavy (non-hydrogen) atoms. The number of rotatable bonds is 4. The van der Waals surface area contributed by atoms with Crippen LogP contribution in [-0.2, 0) is 5.75 Å². The lowest BCUT2D eigenvalue weighted by Crippen LogP contribution is -2.14. The summed E-state index contributed by atoms with van der Waals surface area (Å²) in [5.41, 5.74) is 2.30. The summed E-state index contributed by atoms with van der Waals surface area (Å²) in [6.45, 7) is 3.52. The summed E-state index contributed by atoms with van der Waals surface area (Å²) in [7, 11) is 0. The maximum absolute atomic E-state index is 11.6. The lowest BCUT2D eigenvalue weighted by Gasteiger charge is -2.04. The first-order valence-electron chi connectivity index (χ1n) is 6.00. The second-order valence-electron chi connectivity index (χ2n) is 4.38. The highest BCUT2D eigenvalue weighted by molar-refractivity contribution is 7.98. The molecular formula is C14H14N2O3S. The van der Waals surface area contributed by atoms with Crippen LogP contribution in [0.3, 0.4) is 0 Å².